The predicted octanol–water partition coefficient (Wildman–Crippen LogP) is 0.121. The van der Waals surface area contributed by atoms with Crippen molar-refractivity contribution in [2.75, 3.05) is 6.54 Å². The largest absolute Gasteiger partial charge is 0.291 e. The van der Waals surface area contributed by atoms with E-state index in [1.807, 2.05) is 17.5 Å². The summed E-state index contributed by atoms with van der Waals surface area (Å²) < 4.78 is 0. The van der Waals surface area contributed by atoms with Crippen LogP contribution in [0.25, 0.3) is 0 Å². The zero-order valence-electron chi connectivity index (χ0n) is 5.12. The van der Waals surface area contributed by atoms with E-state index in [4.69, 9.17) is 0 Å². The van der Waals surface area contributed by atoms with Gasteiger partial charge in [0.2, 0.25) is 0 Å². The number of fused-ring (bicyclic) bond motifs is 1. The first-order chi connectivity index (χ1) is 4.47. The maximum atomic E-state index is 3.98. The van der Waals surface area contributed by atoms with Crippen molar-refractivity contribution >= 4 is 6.34 Å². The van der Waals surface area contributed by atoms with Gasteiger partial charge in [-0.25, -0.2) is 10.4 Å². The van der Waals surface area contributed by atoms with Crippen LogP contribution in [-0.4, -0.2) is 23.9 Å². The summed E-state index contributed by atoms with van der Waals surface area (Å²) in [6.07, 6.45) is 6.99. The second kappa shape index (κ2) is 1.84. The van der Waals surface area contributed by atoms with Crippen molar-refractivity contribution in [3.8, 4) is 0 Å². The molecule has 0 radical (unpaired) electrons. The average Bonchev–Trinajstić information content (AvgIpc) is 2.33. The molecule has 1 fully saturated rings. The molecule has 0 aromatic rings. The predicted molar refractivity (Wildman–Crippen MR) is 35.9 cm³/mol. The summed E-state index contributed by atoms with van der Waals surface area (Å²) >= 11 is 0. The minimum absolute atomic E-state index is 0.558. The smallest absolute Gasteiger partial charge is 0.105 e. The lowest BCUT2D eigenvalue weighted by atomic mass is 10.2. The molecule has 0 bridgehead atoms. The van der Waals surface area contributed by atoms with Gasteiger partial charge in [-0.1, -0.05) is 0 Å². The highest BCUT2D eigenvalue weighted by molar-refractivity contribution is 5.58. The molecule has 0 spiro atoms. The number of nitrogens with zero attached hydrogens (tertiary/aromatic N) is 2. The van der Waals surface area contributed by atoms with E-state index in [0.29, 0.717) is 6.04 Å². The Morgan fingerprint density at radius 3 is 3.56 bits per heavy atom. The van der Waals surface area contributed by atoms with Crippen LogP contribution in [0.5, 0.6) is 0 Å². The van der Waals surface area contributed by atoms with E-state index in [1.165, 1.54) is 6.42 Å². The van der Waals surface area contributed by atoms with E-state index in [1.54, 1.807) is 0 Å². The molecule has 1 unspecified atom stereocenters. The summed E-state index contributed by atoms with van der Waals surface area (Å²) in [4.78, 5) is 3.98. The molecule has 9 heavy (non-hydrogen) atoms. The summed E-state index contributed by atoms with van der Waals surface area (Å²) in [7, 11) is 0. The quantitative estimate of drug-likeness (QED) is 0.495. The van der Waals surface area contributed by atoms with Gasteiger partial charge < -0.3 is 0 Å². The molecule has 1 N–H and O–H groups in total. The molecule has 0 amide bonds. The van der Waals surface area contributed by atoms with Crippen molar-refractivity contribution < 1.29 is 0 Å². The number of hydrogen-bond acceptors (Lipinski definition) is 3. The number of hydrogen-bond donors (Lipinski definition) is 1. The van der Waals surface area contributed by atoms with Crippen molar-refractivity contribution in [1.82, 2.24) is 10.4 Å². The van der Waals surface area contributed by atoms with E-state index in [0.717, 1.165) is 6.54 Å². The Kier molecular flexibility index (Phi) is 1.02. The topological polar surface area (TPSA) is 27.6 Å². The standard InChI is InChI=1S/C6H9N3/c1-3-7-5-9-6(1)2-4-8-9/h1,3,5-6,8H,2,4H2. The maximum Gasteiger partial charge on any atom is 0.105 e. The van der Waals surface area contributed by atoms with Gasteiger partial charge in [0.25, 0.3) is 0 Å². The van der Waals surface area contributed by atoms with E-state index in [9.17, 15) is 0 Å². The van der Waals surface area contributed by atoms with Crippen LogP contribution in [0.4, 0.5) is 0 Å². The Hall–Kier alpha value is -0.830. The first-order valence-corrected chi connectivity index (χ1v) is 3.18. The van der Waals surface area contributed by atoms with Crippen LogP contribution < -0.4 is 5.43 Å². The van der Waals surface area contributed by atoms with Crippen molar-refractivity contribution in [2.24, 2.45) is 4.99 Å². The van der Waals surface area contributed by atoms with Crippen LogP contribution in [0.15, 0.2) is 17.3 Å². The van der Waals surface area contributed by atoms with Gasteiger partial charge in [0.05, 0.1) is 6.04 Å². The van der Waals surface area contributed by atoms with Gasteiger partial charge in [0, 0.05) is 12.7 Å². The minimum Gasteiger partial charge on any atom is -0.291 e. The van der Waals surface area contributed by atoms with Gasteiger partial charge in [0.1, 0.15) is 6.34 Å². The molecule has 1 saturated heterocycles. The SMILES string of the molecule is C1=CC2CCNN2C=N1. The van der Waals surface area contributed by atoms with Crippen molar-refractivity contribution in [1.29, 1.82) is 0 Å². The van der Waals surface area contributed by atoms with Crippen LogP contribution in [0.2, 0.25) is 0 Å². The van der Waals surface area contributed by atoms with Gasteiger partial charge in [-0.3, -0.25) is 5.01 Å². The Labute approximate surface area is 54.0 Å². The van der Waals surface area contributed by atoms with Crippen molar-refractivity contribution in [3.05, 3.63) is 12.3 Å². The summed E-state index contributed by atoms with van der Waals surface area (Å²) in [5, 5.41) is 2.04. The van der Waals surface area contributed by atoms with Crippen LogP contribution >= 0.6 is 0 Å². The zero-order chi connectivity index (χ0) is 6.10. The third kappa shape index (κ3) is 0.733. The Balaban J connectivity index is 2.18. The summed E-state index contributed by atoms with van der Waals surface area (Å²) in [6, 6.07) is 0.558. The molecule has 2 heterocycles. The average molecular weight is 123 g/mol. The molecule has 0 aliphatic carbocycles. The summed E-state index contributed by atoms with van der Waals surface area (Å²) in [5.41, 5.74) is 3.19. The Bertz CT molecular complexity index is 144. The molecule has 3 heteroatoms. The maximum absolute atomic E-state index is 3.98. The number of rotatable bonds is 0. The second-order valence-electron chi connectivity index (χ2n) is 2.28. The molecule has 0 aromatic heterocycles. The molecule has 2 aliphatic heterocycles. The van der Waals surface area contributed by atoms with Gasteiger partial charge in [0.15, 0.2) is 0 Å². The summed E-state index contributed by atoms with van der Waals surface area (Å²) in [6.45, 7) is 1.07. The van der Waals surface area contributed by atoms with Gasteiger partial charge >= 0.3 is 0 Å². The first-order valence-electron chi connectivity index (χ1n) is 3.18. The zero-order valence-corrected chi connectivity index (χ0v) is 5.12. The molecule has 0 saturated carbocycles. The number of aliphatic imine (C=N–C) groups is 1. The third-order valence-corrected chi connectivity index (χ3v) is 1.68. The lowest BCUT2D eigenvalue weighted by molar-refractivity contribution is 0.361. The van der Waals surface area contributed by atoms with Crippen molar-refractivity contribution in [3.63, 3.8) is 0 Å². The molecule has 2 aliphatic rings. The Morgan fingerprint density at radius 2 is 2.67 bits per heavy atom. The highest BCUT2D eigenvalue weighted by Crippen LogP contribution is 2.10. The van der Waals surface area contributed by atoms with E-state index in [-0.39, 0.29) is 0 Å². The highest BCUT2D eigenvalue weighted by atomic mass is 15.5. The van der Waals surface area contributed by atoms with Gasteiger partial charge in [-0.05, 0) is 12.5 Å². The highest BCUT2D eigenvalue weighted by Gasteiger charge is 2.19. The van der Waals surface area contributed by atoms with Crippen LogP contribution in [0.1, 0.15) is 6.42 Å². The van der Waals surface area contributed by atoms with Gasteiger partial charge in [-0.15, -0.1) is 0 Å². The fourth-order valence-electron chi connectivity index (χ4n) is 1.17. The number of hydrazine groups is 1. The van der Waals surface area contributed by atoms with Crippen LogP contribution in [0.3, 0.4) is 0 Å². The fourth-order valence-corrected chi connectivity index (χ4v) is 1.17. The number of nitrogens with one attached hydrogen (secondary N) is 1. The fraction of sp³-hybridized carbons (Fsp3) is 0.500. The van der Waals surface area contributed by atoms with Gasteiger partial charge in [-0.2, -0.15) is 0 Å². The normalized spacial score (nSPS) is 31.1. The second-order valence-corrected chi connectivity index (χ2v) is 2.28. The lowest BCUT2D eigenvalue weighted by Crippen LogP contribution is -2.35. The van der Waals surface area contributed by atoms with E-state index < -0.39 is 0 Å². The van der Waals surface area contributed by atoms with Crippen LogP contribution in [0, 0.1) is 0 Å². The third-order valence-electron chi connectivity index (χ3n) is 1.68. The van der Waals surface area contributed by atoms with Crippen molar-refractivity contribution in [2.45, 2.75) is 12.5 Å². The molecular formula is C6H9N3. The molecule has 3 nitrogen and oxygen atoms in total. The molecule has 48 valence electrons. The lowest BCUT2D eigenvalue weighted by Gasteiger charge is -2.19. The molecule has 1 atom stereocenters. The van der Waals surface area contributed by atoms with Crippen LogP contribution in [-0.2, 0) is 0 Å². The monoisotopic (exact) mass is 123 g/mol. The molecular weight excluding hydrogens is 114 g/mol. The molecule has 0 aromatic carbocycles. The molecule has 2 rings (SSSR count). The first kappa shape index (κ1) is 4.99. The van der Waals surface area contributed by atoms with E-state index >= 15 is 0 Å². The summed E-state index contributed by atoms with van der Waals surface area (Å²) in [5.74, 6) is 0. The Morgan fingerprint density at radius 1 is 1.67 bits per heavy atom. The van der Waals surface area contributed by atoms with E-state index in [2.05, 4.69) is 16.5 Å². The minimum atomic E-state index is 0.558.